The summed E-state index contributed by atoms with van der Waals surface area (Å²) in [6.07, 6.45) is 3.78. The fourth-order valence-corrected chi connectivity index (χ4v) is 2.67. The molecule has 5 heteroatoms. The van der Waals surface area contributed by atoms with Crippen LogP contribution in [0.5, 0.6) is 0 Å². The van der Waals surface area contributed by atoms with Gasteiger partial charge in [-0.1, -0.05) is 42.5 Å². The SMILES string of the molecule is C[C@H](Cc1ccc2ccccc2c1)NC(=O)[C@@H](C)n1cncn1. The molecule has 23 heavy (non-hydrogen) atoms. The van der Waals surface area contributed by atoms with Gasteiger partial charge < -0.3 is 5.32 Å². The molecule has 2 aromatic carbocycles. The van der Waals surface area contributed by atoms with E-state index in [2.05, 4.69) is 45.7 Å². The molecule has 1 N–H and O–H groups in total. The summed E-state index contributed by atoms with van der Waals surface area (Å²) in [5.41, 5.74) is 1.21. The minimum absolute atomic E-state index is 0.0506. The predicted molar refractivity (Wildman–Crippen MR) is 90.0 cm³/mol. The molecule has 0 bridgehead atoms. The largest absolute Gasteiger partial charge is 0.351 e. The monoisotopic (exact) mass is 308 g/mol. The molecule has 0 spiro atoms. The Morgan fingerprint density at radius 1 is 1.17 bits per heavy atom. The summed E-state index contributed by atoms with van der Waals surface area (Å²) in [4.78, 5) is 16.1. The molecule has 1 aromatic heterocycles. The van der Waals surface area contributed by atoms with Crippen molar-refractivity contribution in [3.05, 3.63) is 60.7 Å². The molecule has 0 saturated carbocycles. The number of benzene rings is 2. The molecule has 1 amide bonds. The maximum absolute atomic E-state index is 12.3. The quantitative estimate of drug-likeness (QED) is 0.788. The number of nitrogens with zero attached hydrogens (tertiary/aromatic N) is 3. The third-order valence-corrected chi connectivity index (χ3v) is 3.96. The standard InChI is InChI=1S/C18H20N4O/c1-13(21-18(23)14(2)22-12-19-11-20-22)9-15-7-8-16-5-3-4-6-17(16)10-15/h3-8,10-14H,9H2,1-2H3,(H,21,23)/t13-,14-/m1/s1. The van der Waals surface area contributed by atoms with Crippen molar-refractivity contribution < 1.29 is 4.79 Å². The first-order valence-electron chi connectivity index (χ1n) is 7.75. The van der Waals surface area contributed by atoms with Crippen molar-refractivity contribution in [2.75, 3.05) is 0 Å². The molecule has 0 aliphatic carbocycles. The lowest BCUT2D eigenvalue weighted by Gasteiger charge is -2.18. The van der Waals surface area contributed by atoms with Gasteiger partial charge in [0.15, 0.2) is 0 Å². The van der Waals surface area contributed by atoms with Crippen molar-refractivity contribution >= 4 is 16.7 Å². The van der Waals surface area contributed by atoms with Crippen molar-refractivity contribution in [1.29, 1.82) is 0 Å². The third kappa shape index (κ3) is 3.56. The minimum atomic E-state index is -0.364. The van der Waals surface area contributed by atoms with Gasteiger partial charge in [0.25, 0.3) is 0 Å². The van der Waals surface area contributed by atoms with E-state index in [1.54, 1.807) is 11.0 Å². The Labute approximate surface area is 135 Å². The molecule has 118 valence electrons. The van der Waals surface area contributed by atoms with E-state index in [1.807, 2.05) is 26.0 Å². The average Bonchev–Trinajstić information content (AvgIpc) is 3.08. The number of carbonyl (C=O) groups excluding carboxylic acids is 1. The lowest BCUT2D eigenvalue weighted by molar-refractivity contribution is -0.124. The molecule has 0 aliphatic heterocycles. The normalized spacial score (nSPS) is 13.7. The number of fused-ring (bicyclic) bond motifs is 1. The topological polar surface area (TPSA) is 59.8 Å². The summed E-state index contributed by atoms with van der Waals surface area (Å²) < 4.78 is 1.55. The van der Waals surface area contributed by atoms with Gasteiger partial charge in [-0.2, -0.15) is 5.10 Å². The number of nitrogens with one attached hydrogen (secondary N) is 1. The summed E-state index contributed by atoms with van der Waals surface area (Å²) in [5.74, 6) is -0.0520. The highest BCUT2D eigenvalue weighted by Crippen LogP contribution is 2.16. The van der Waals surface area contributed by atoms with Gasteiger partial charge in [0, 0.05) is 6.04 Å². The predicted octanol–water partition coefficient (Wildman–Crippen LogP) is 2.74. The van der Waals surface area contributed by atoms with Crippen LogP contribution in [0.2, 0.25) is 0 Å². The molecular weight excluding hydrogens is 288 g/mol. The number of rotatable bonds is 5. The van der Waals surface area contributed by atoms with E-state index >= 15 is 0 Å². The first-order chi connectivity index (χ1) is 11.1. The van der Waals surface area contributed by atoms with E-state index in [0.717, 1.165) is 6.42 Å². The molecule has 0 saturated heterocycles. The van der Waals surface area contributed by atoms with Gasteiger partial charge in [0.1, 0.15) is 18.7 Å². The van der Waals surface area contributed by atoms with Crippen molar-refractivity contribution in [3.8, 4) is 0 Å². The molecular formula is C18H20N4O. The van der Waals surface area contributed by atoms with Crippen molar-refractivity contribution in [2.45, 2.75) is 32.4 Å². The molecule has 5 nitrogen and oxygen atoms in total. The van der Waals surface area contributed by atoms with Crippen LogP contribution in [-0.2, 0) is 11.2 Å². The van der Waals surface area contributed by atoms with E-state index in [9.17, 15) is 4.79 Å². The number of aromatic nitrogens is 3. The van der Waals surface area contributed by atoms with E-state index in [4.69, 9.17) is 0 Å². The highest BCUT2D eigenvalue weighted by atomic mass is 16.2. The maximum atomic E-state index is 12.3. The first-order valence-corrected chi connectivity index (χ1v) is 7.75. The Bertz CT molecular complexity index is 798. The van der Waals surface area contributed by atoms with Gasteiger partial charge >= 0.3 is 0 Å². The third-order valence-electron chi connectivity index (χ3n) is 3.96. The summed E-state index contributed by atoms with van der Waals surface area (Å²) in [6.45, 7) is 3.83. The summed E-state index contributed by atoms with van der Waals surface area (Å²) >= 11 is 0. The molecule has 3 aromatic rings. The first kappa shape index (κ1) is 15.2. The van der Waals surface area contributed by atoms with Crippen LogP contribution in [0.25, 0.3) is 10.8 Å². The Hall–Kier alpha value is -2.69. The van der Waals surface area contributed by atoms with Crippen molar-refractivity contribution in [2.24, 2.45) is 0 Å². The van der Waals surface area contributed by atoms with Gasteiger partial charge in [0.2, 0.25) is 5.91 Å². The second-order valence-corrected chi connectivity index (χ2v) is 5.85. The molecule has 1 heterocycles. The van der Waals surface area contributed by atoms with Crippen LogP contribution in [0.1, 0.15) is 25.5 Å². The Morgan fingerprint density at radius 3 is 2.70 bits per heavy atom. The molecule has 0 unspecified atom stereocenters. The van der Waals surface area contributed by atoms with Gasteiger partial charge in [-0.25, -0.2) is 9.67 Å². The van der Waals surface area contributed by atoms with Crippen LogP contribution in [-0.4, -0.2) is 26.7 Å². The molecule has 0 aliphatic rings. The van der Waals surface area contributed by atoms with E-state index in [1.165, 1.54) is 22.7 Å². The zero-order valence-corrected chi connectivity index (χ0v) is 13.3. The van der Waals surface area contributed by atoms with Crippen LogP contribution in [0, 0.1) is 0 Å². The maximum Gasteiger partial charge on any atom is 0.244 e. The Kier molecular flexibility index (Phi) is 4.37. The van der Waals surface area contributed by atoms with E-state index in [0.29, 0.717) is 0 Å². The fourth-order valence-electron chi connectivity index (χ4n) is 2.67. The second-order valence-electron chi connectivity index (χ2n) is 5.85. The van der Waals surface area contributed by atoms with Crippen LogP contribution >= 0.6 is 0 Å². The summed E-state index contributed by atoms with van der Waals surface area (Å²) in [5, 5.41) is 9.50. The van der Waals surface area contributed by atoms with Gasteiger partial charge in [-0.15, -0.1) is 0 Å². The second kappa shape index (κ2) is 6.60. The van der Waals surface area contributed by atoms with Crippen molar-refractivity contribution in [1.82, 2.24) is 20.1 Å². The van der Waals surface area contributed by atoms with Crippen LogP contribution in [0.3, 0.4) is 0 Å². The molecule has 0 fully saturated rings. The van der Waals surface area contributed by atoms with Crippen LogP contribution in [0.15, 0.2) is 55.1 Å². The lowest BCUT2D eigenvalue weighted by Crippen LogP contribution is -2.38. The van der Waals surface area contributed by atoms with Gasteiger partial charge in [0.05, 0.1) is 0 Å². The number of hydrogen-bond donors (Lipinski definition) is 1. The van der Waals surface area contributed by atoms with Crippen LogP contribution < -0.4 is 5.32 Å². The lowest BCUT2D eigenvalue weighted by atomic mass is 10.0. The zero-order chi connectivity index (χ0) is 16.2. The van der Waals surface area contributed by atoms with E-state index in [-0.39, 0.29) is 18.0 Å². The highest BCUT2D eigenvalue weighted by Gasteiger charge is 2.17. The van der Waals surface area contributed by atoms with Crippen LogP contribution in [0.4, 0.5) is 0 Å². The molecule has 3 rings (SSSR count). The van der Waals surface area contributed by atoms with E-state index < -0.39 is 0 Å². The smallest absolute Gasteiger partial charge is 0.244 e. The fraction of sp³-hybridized carbons (Fsp3) is 0.278. The average molecular weight is 308 g/mol. The molecule has 0 radical (unpaired) electrons. The highest BCUT2D eigenvalue weighted by molar-refractivity contribution is 5.83. The minimum Gasteiger partial charge on any atom is -0.351 e. The summed E-state index contributed by atoms with van der Waals surface area (Å²) in [6, 6.07) is 14.4. The number of hydrogen-bond acceptors (Lipinski definition) is 3. The molecule has 2 atom stereocenters. The van der Waals surface area contributed by atoms with Crippen molar-refractivity contribution in [3.63, 3.8) is 0 Å². The van der Waals surface area contributed by atoms with Gasteiger partial charge in [-0.05, 0) is 36.6 Å². The Balaban J connectivity index is 1.63. The Morgan fingerprint density at radius 2 is 1.96 bits per heavy atom. The van der Waals surface area contributed by atoms with Gasteiger partial charge in [-0.3, -0.25) is 4.79 Å². The summed E-state index contributed by atoms with van der Waals surface area (Å²) in [7, 11) is 0. The number of carbonyl (C=O) groups is 1. The number of amides is 1. The zero-order valence-electron chi connectivity index (χ0n) is 13.3.